The van der Waals surface area contributed by atoms with Crippen LogP contribution in [0.4, 0.5) is 0 Å². The van der Waals surface area contributed by atoms with Gasteiger partial charge in [0.15, 0.2) is 11.5 Å². The third-order valence-corrected chi connectivity index (χ3v) is 4.46. The van der Waals surface area contributed by atoms with Gasteiger partial charge in [0.05, 0.1) is 7.11 Å². The number of rotatable bonds is 10. The smallest absolute Gasteiger partial charge is 0.161 e. The molecule has 0 aliphatic heterocycles. The molecule has 0 amide bonds. The fourth-order valence-corrected chi connectivity index (χ4v) is 2.86. The Morgan fingerprint density at radius 2 is 1.80 bits per heavy atom. The number of aliphatic hydroxyl groups excluding tert-OH is 1. The lowest BCUT2D eigenvalue weighted by Crippen LogP contribution is -2.15. The number of benzene rings is 2. The summed E-state index contributed by atoms with van der Waals surface area (Å²) < 4.78 is 11.3. The standard InChI is InChI=1S/C19H23Cl2NO3/c1-24-19-11-14(12-22-9-2-3-10-23)7-8-18(19)25-13-15-16(20)5-4-6-17(15)21/h4-8,11,22-23H,2-3,9-10,12-13H2,1H3. The molecule has 0 spiro atoms. The van der Waals surface area contributed by atoms with Crippen LogP contribution < -0.4 is 14.8 Å². The van der Waals surface area contributed by atoms with Crippen molar-refractivity contribution in [2.24, 2.45) is 0 Å². The highest BCUT2D eigenvalue weighted by Gasteiger charge is 2.10. The van der Waals surface area contributed by atoms with Gasteiger partial charge in [-0.05, 0) is 49.2 Å². The molecule has 0 atom stereocenters. The number of aliphatic hydroxyl groups is 1. The minimum atomic E-state index is 0.233. The van der Waals surface area contributed by atoms with Crippen LogP contribution in [0.2, 0.25) is 10.0 Å². The molecule has 2 N–H and O–H groups in total. The van der Waals surface area contributed by atoms with Crippen LogP contribution in [0, 0.1) is 0 Å². The Bertz CT molecular complexity index is 659. The first kappa shape index (κ1) is 19.9. The molecule has 0 aromatic heterocycles. The molecule has 0 fully saturated rings. The first-order valence-electron chi connectivity index (χ1n) is 8.20. The van der Waals surface area contributed by atoms with E-state index in [9.17, 15) is 0 Å². The lowest BCUT2D eigenvalue weighted by atomic mass is 10.2. The fourth-order valence-electron chi connectivity index (χ4n) is 2.36. The van der Waals surface area contributed by atoms with Gasteiger partial charge in [-0.15, -0.1) is 0 Å². The molecule has 0 aliphatic carbocycles. The summed E-state index contributed by atoms with van der Waals surface area (Å²) in [6.45, 7) is 2.11. The van der Waals surface area contributed by atoms with Crippen molar-refractivity contribution in [2.75, 3.05) is 20.3 Å². The largest absolute Gasteiger partial charge is 0.493 e. The van der Waals surface area contributed by atoms with Crippen LogP contribution in [0.25, 0.3) is 0 Å². The summed E-state index contributed by atoms with van der Waals surface area (Å²) in [6, 6.07) is 11.2. The highest BCUT2D eigenvalue weighted by Crippen LogP contribution is 2.31. The van der Waals surface area contributed by atoms with E-state index in [4.69, 9.17) is 37.8 Å². The van der Waals surface area contributed by atoms with E-state index in [1.807, 2.05) is 18.2 Å². The zero-order valence-electron chi connectivity index (χ0n) is 14.2. The van der Waals surface area contributed by atoms with E-state index in [0.29, 0.717) is 21.5 Å². The minimum absolute atomic E-state index is 0.233. The van der Waals surface area contributed by atoms with Gasteiger partial charge in [0.25, 0.3) is 0 Å². The third kappa shape index (κ3) is 6.08. The van der Waals surface area contributed by atoms with Gasteiger partial charge < -0.3 is 19.9 Å². The second-order valence-corrected chi connectivity index (χ2v) is 6.40. The second kappa shape index (κ2) is 10.5. The molecule has 4 nitrogen and oxygen atoms in total. The van der Waals surface area contributed by atoms with Gasteiger partial charge in [-0.2, -0.15) is 0 Å². The average Bonchev–Trinajstić information content (AvgIpc) is 2.61. The molecule has 0 saturated heterocycles. The lowest BCUT2D eigenvalue weighted by Gasteiger charge is -2.14. The zero-order valence-corrected chi connectivity index (χ0v) is 15.7. The Kier molecular flexibility index (Phi) is 8.35. The van der Waals surface area contributed by atoms with E-state index >= 15 is 0 Å². The molecule has 2 aromatic rings. The molecule has 0 heterocycles. The van der Waals surface area contributed by atoms with Crippen molar-refractivity contribution in [3.05, 3.63) is 57.6 Å². The number of halogens is 2. The van der Waals surface area contributed by atoms with Crippen molar-refractivity contribution in [1.29, 1.82) is 0 Å². The van der Waals surface area contributed by atoms with Crippen molar-refractivity contribution < 1.29 is 14.6 Å². The SMILES string of the molecule is COc1cc(CNCCCCO)ccc1OCc1c(Cl)cccc1Cl. The monoisotopic (exact) mass is 383 g/mol. The van der Waals surface area contributed by atoms with Crippen molar-refractivity contribution in [2.45, 2.75) is 26.0 Å². The molecular weight excluding hydrogens is 361 g/mol. The van der Waals surface area contributed by atoms with E-state index < -0.39 is 0 Å². The molecule has 2 aromatic carbocycles. The third-order valence-electron chi connectivity index (χ3n) is 3.75. The maximum absolute atomic E-state index is 8.77. The van der Waals surface area contributed by atoms with Crippen LogP contribution in [-0.2, 0) is 13.2 Å². The first-order chi connectivity index (χ1) is 12.2. The maximum atomic E-state index is 8.77. The Morgan fingerprint density at radius 3 is 2.48 bits per heavy atom. The molecule has 0 saturated carbocycles. The highest BCUT2D eigenvalue weighted by atomic mass is 35.5. The van der Waals surface area contributed by atoms with Crippen molar-refractivity contribution in [3.63, 3.8) is 0 Å². The van der Waals surface area contributed by atoms with Crippen LogP contribution in [0.5, 0.6) is 11.5 Å². The Morgan fingerprint density at radius 1 is 1.04 bits per heavy atom. The van der Waals surface area contributed by atoms with E-state index in [0.717, 1.165) is 37.1 Å². The minimum Gasteiger partial charge on any atom is -0.493 e. The number of unbranched alkanes of at least 4 members (excludes halogenated alkanes) is 1. The number of hydrogen-bond donors (Lipinski definition) is 2. The highest BCUT2D eigenvalue weighted by molar-refractivity contribution is 6.35. The van der Waals surface area contributed by atoms with Crippen LogP contribution in [0.3, 0.4) is 0 Å². The summed E-state index contributed by atoms with van der Waals surface area (Å²) in [5, 5.41) is 13.3. The molecule has 136 valence electrons. The first-order valence-corrected chi connectivity index (χ1v) is 8.95. The summed E-state index contributed by atoms with van der Waals surface area (Å²) in [4.78, 5) is 0. The summed E-state index contributed by atoms with van der Waals surface area (Å²) in [7, 11) is 1.61. The predicted octanol–water partition coefficient (Wildman–Crippen LogP) is 4.44. The topological polar surface area (TPSA) is 50.7 Å². The number of nitrogens with one attached hydrogen (secondary N) is 1. The second-order valence-electron chi connectivity index (χ2n) is 5.58. The summed E-state index contributed by atoms with van der Waals surface area (Å²) >= 11 is 12.3. The quantitative estimate of drug-likeness (QED) is 0.595. The normalized spacial score (nSPS) is 10.7. The molecule has 6 heteroatoms. The summed E-state index contributed by atoms with van der Waals surface area (Å²) in [5.41, 5.74) is 1.85. The maximum Gasteiger partial charge on any atom is 0.161 e. The molecular formula is C19H23Cl2NO3. The van der Waals surface area contributed by atoms with Crippen molar-refractivity contribution in [1.82, 2.24) is 5.32 Å². The molecule has 0 unspecified atom stereocenters. The summed E-state index contributed by atoms with van der Waals surface area (Å²) in [6.07, 6.45) is 1.77. The lowest BCUT2D eigenvalue weighted by molar-refractivity contribution is 0.283. The zero-order chi connectivity index (χ0) is 18.1. The average molecular weight is 384 g/mol. The Labute approximate surface area is 158 Å². The van der Waals surface area contributed by atoms with Crippen LogP contribution in [-0.4, -0.2) is 25.4 Å². The van der Waals surface area contributed by atoms with Crippen molar-refractivity contribution in [3.8, 4) is 11.5 Å². The van der Waals surface area contributed by atoms with E-state index in [2.05, 4.69) is 5.32 Å². The van der Waals surface area contributed by atoms with Gasteiger partial charge in [-0.25, -0.2) is 0 Å². The van der Waals surface area contributed by atoms with E-state index in [1.165, 1.54) is 0 Å². The number of methoxy groups -OCH3 is 1. The molecule has 2 rings (SSSR count). The summed E-state index contributed by atoms with van der Waals surface area (Å²) in [5.74, 6) is 1.31. The fraction of sp³-hybridized carbons (Fsp3) is 0.368. The Hall–Kier alpha value is -1.46. The van der Waals surface area contributed by atoms with Gasteiger partial charge in [-0.3, -0.25) is 0 Å². The van der Waals surface area contributed by atoms with Gasteiger partial charge >= 0.3 is 0 Å². The number of ether oxygens (including phenoxy) is 2. The Balaban J connectivity index is 1.97. The van der Waals surface area contributed by atoms with Crippen LogP contribution >= 0.6 is 23.2 Å². The predicted molar refractivity (Wildman–Crippen MR) is 102 cm³/mol. The van der Waals surface area contributed by atoms with Gasteiger partial charge in [-0.1, -0.05) is 35.3 Å². The van der Waals surface area contributed by atoms with E-state index in [1.54, 1.807) is 25.3 Å². The van der Waals surface area contributed by atoms with Gasteiger partial charge in [0, 0.05) is 28.8 Å². The molecule has 25 heavy (non-hydrogen) atoms. The molecule has 0 radical (unpaired) electrons. The van der Waals surface area contributed by atoms with Gasteiger partial charge in [0.1, 0.15) is 6.61 Å². The van der Waals surface area contributed by atoms with Crippen LogP contribution in [0.1, 0.15) is 24.0 Å². The molecule has 0 bridgehead atoms. The van der Waals surface area contributed by atoms with Crippen LogP contribution in [0.15, 0.2) is 36.4 Å². The van der Waals surface area contributed by atoms with Crippen molar-refractivity contribution >= 4 is 23.2 Å². The number of hydrogen-bond acceptors (Lipinski definition) is 4. The molecule has 0 aliphatic rings. The van der Waals surface area contributed by atoms with E-state index in [-0.39, 0.29) is 13.2 Å². The van der Waals surface area contributed by atoms with Gasteiger partial charge in [0.2, 0.25) is 0 Å².